The first-order valence-corrected chi connectivity index (χ1v) is 0. The zero-order chi connectivity index (χ0) is 0. The molecule has 0 aromatic rings. The maximum absolute atomic E-state index is 0. The summed E-state index contributed by atoms with van der Waals surface area (Å²) in [6.45, 7) is 0. The predicted molar refractivity (Wildman–Crippen MR) is 11.5 cm³/mol. The van der Waals surface area contributed by atoms with Gasteiger partial charge < -0.3 is 0 Å². The van der Waals surface area contributed by atoms with Crippen molar-refractivity contribution in [1.29, 1.82) is 0 Å². The van der Waals surface area contributed by atoms with Gasteiger partial charge in [-0.1, -0.05) is 0 Å². The molecule has 4 heavy (non-hydrogen) atoms. The summed E-state index contributed by atoms with van der Waals surface area (Å²) in [4.78, 5) is 0. The third-order valence-corrected chi connectivity index (χ3v) is 0. The van der Waals surface area contributed by atoms with Crippen LogP contribution in [0, 0.1) is 35.6 Å². The molecular weight excluding hydrogens is 264 g/mol. The maximum atomic E-state index is 0. The summed E-state index contributed by atoms with van der Waals surface area (Å²) in [6.07, 6.45) is 0. The average molecular weight is 264 g/mol. The fraction of sp³-hybridized carbons (Fsp3) is 0. The van der Waals surface area contributed by atoms with Gasteiger partial charge >= 0.3 is 0 Å². The van der Waals surface area contributed by atoms with Crippen molar-refractivity contribution >= 4 is 36.2 Å². The van der Waals surface area contributed by atoms with Crippen LogP contribution in [0.1, 0.15) is 0 Å². The summed E-state index contributed by atoms with van der Waals surface area (Å²) >= 11 is 0. The molecular formula is AlLaLiZr. The number of hydrogen-bond donors (Lipinski definition) is 0. The van der Waals surface area contributed by atoms with Crippen LogP contribution in [0.4, 0.5) is 0 Å². The van der Waals surface area contributed by atoms with Gasteiger partial charge in [-0.15, -0.1) is 0 Å². The SMILES string of the molecule is [Al].[La].[Li].[Zr]. The van der Waals surface area contributed by atoms with Gasteiger partial charge in [0.1, 0.15) is 0 Å². The fourth-order valence-corrected chi connectivity index (χ4v) is 0. The first kappa shape index (κ1) is 27.0. The first-order valence-electron chi connectivity index (χ1n) is 0. The summed E-state index contributed by atoms with van der Waals surface area (Å²) in [5.41, 5.74) is 0. The molecule has 0 aromatic carbocycles. The van der Waals surface area contributed by atoms with E-state index >= 15 is 0 Å². The molecule has 4 heteroatoms. The van der Waals surface area contributed by atoms with Crippen LogP contribution in [0.15, 0.2) is 0 Å². The molecule has 0 unspecified atom stereocenters. The molecule has 0 spiro atoms. The second-order valence-corrected chi connectivity index (χ2v) is 0. The zero-order valence-electron chi connectivity index (χ0n) is 2.65. The van der Waals surface area contributed by atoms with Crippen molar-refractivity contribution in [2.75, 3.05) is 0 Å². The summed E-state index contributed by atoms with van der Waals surface area (Å²) in [6, 6.07) is 0. The Labute approximate surface area is 95.9 Å². The molecule has 5 radical (unpaired) electrons. The van der Waals surface area contributed by atoms with E-state index in [1.165, 1.54) is 0 Å². The minimum absolute atomic E-state index is 0. The zero-order valence-corrected chi connectivity index (χ0v) is 9.89. The van der Waals surface area contributed by atoms with Crippen LogP contribution in [0.25, 0.3) is 0 Å². The van der Waals surface area contributed by atoms with Crippen LogP contribution >= 0.6 is 0 Å². The quantitative estimate of drug-likeness (QED) is 0.504. The Balaban J connectivity index is 0. The molecule has 0 aliphatic heterocycles. The van der Waals surface area contributed by atoms with Crippen LogP contribution in [-0.4, -0.2) is 36.2 Å². The van der Waals surface area contributed by atoms with E-state index in [2.05, 4.69) is 0 Å². The summed E-state index contributed by atoms with van der Waals surface area (Å²) in [7, 11) is 0. The molecule has 0 N–H and O–H groups in total. The Hall–Kier alpha value is 3.21. The molecule has 0 amide bonds. The second kappa shape index (κ2) is 16.4. The van der Waals surface area contributed by atoms with Gasteiger partial charge in [-0.05, 0) is 0 Å². The van der Waals surface area contributed by atoms with Crippen LogP contribution in [-0.2, 0) is 26.2 Å². The van der Waals surface area contributed by atoms with Gasteiger partial charge in [-0.25, -0.2) is 0 Å². The van der Waals surface area contributed by atoms with E-state index in [0.29, 0.717) is 0 Å². The van der Waals surface area contributed by atoms with Crippen molar-refractivity contribution in [3.8, 4) is 0 Å². The van der Waals surface area contributed by atoms with Crippen molar-refractivity contribution in [1.82, 2.24) is 0 Å². The molecule has 0 nitrogen and oxygen atoms in total. The van der Waals surface area contributed by atoms with Crippen LogP contribution in [0.5, 0.6) is 0 Å². The molecule has 0 atom stereocenters. The Morgan fingerprint density at radius 1 is 1.00 bits per heavy atom. The maximum Gasteiger partial charge on any atom is 0 e. The second-order valence-electron chi connectivity index (χ2n) is 0. The van der Waals surface area contributed by atoms with Crippen LogP contribution < -0.4 is 0 Å². The third-order valence-electron chi connectivity index (χ3n) is 0. The van der Waals surface area contributed by atoms with E-state index < -0.39 is 0 Å². The first-order chi connectivity index (χ1) is 0. The van der Waals surface area contributed by atoms with Crippen molar-refractivity contribution in [2.24, 2.45) is 0 Å². The normalized spacial score (nSPS) is 0. The van der Waals surface area contributed by atoms with E-state index in [-0.39, 0.29) is 98.0 Å². The largest absolute Gasteiger partial charge is 0 e. The van der Waals surface area contributed by atoms with Crippen LogP contribution in [0.3, 0.4) is 0 Å². The number of hydrogen-bond acceptors (Lipinski definition) is 0. The van der Waals surface area contributed by atoms with Gasteiger partial charge in [0.2, 0.25) is 0 Å². The predicted octanol–water partition coefficient (Wildman–Crippen LogP) is -0.764. The Bertz CT molecular complexity index is 8.00. The Morgan fingerprint density at radius 3 is 1.00 bits per heavy atom. The van der Waals surface area contributed by atoms with Crippen molar-refractivity contribution in [3.05, 3.63) is 0 Å². The minimum Gasteiger partial charge on any atom is 0 e. The molecule has 0 saturated carbocycles. The molecule has 0 saturated heterocycles. The molecule has 0 aromatic heterocycles. The molecule has 0 bridgehead atoms. The van der Waals surface area contributed by atoms with Crippen molar-refractivity contribution in [3.63, 3.8) is 0 Å². The van der Waals surface area contributed by atoms with E-state index in [0.717, 1.165) is 0 Å². The molecule has 0 aliphatic rings. The minimum atomic E-state index is 0. The smallest absolute Gasteiger partial charge is 0 e. The molecule has 0 fully saturated rings. The fourth-order valence-electron chi connectivity index (χ4n) is 0. The Morgan fingerprint density at radius 2 is 1.00 bits per heavy atom. The third kappa shape index (κ3) is 8.96. The van der Waals surface area contributed by atoms with Crippen molar-refractivity contribution < 1.29 is 61.8 Å². The van der Waals surface area contributed by atoms with E-state index in [1.807, 2.05) is 0 Å². The van der Waals surface area contributed by atoms with E-state index in [1.54, 1.807) is 0 Å². The van der Waals surface area contributed by atoms with Crippen LogP contribution in [0.2, 0.25) is 0 Å². The number of rotatable bonds is 0. The topological polar surface area (TPSA) is 0 Å². The average Bonchev–Trinajstić information content (AvgIpc) is 0. The van der Waals surface area contributed by atoms with E-state index in [4.69, 9.17) is 0 Å². The molecule has 11 valence electrons. The standard InChI is InChI=1S/Al.La.Li.Zr. The van der Waals surface area contributed by atoms with Gasteiger partial charge in [-0.2, -0.15) is 0 Å². The van der Waals surface area contributed by atoms with Gasteiger partial charge in [-0.3, -0.25) is 0 Å². The van der Waals surface area contributed by atoms with Crippen molar-refractivity contribution in [2.45, 2.75) is 0 Å². The Kier molecular flexibility index (Phi) is 110. The van der Waals surface area contributed by atoms with Gasteiger partial charge in [0, 0.05) is 98.0 Å². The molecule has 0 rings (SSSR count). The van der Waals surface area contributed by atoms with Gasteiger partial charge in [0.15, 0.2) is 0 Å². The van der Waals surface area contributed by atoms with E-state index in [9.17, 15) is 0 Å². The monoisotopic (exact) mass is 263 g/mol. The van der Waals surface area contributed by atoms with Gasteiger partial charge in [0.05, 0.1) is 0 Å². The summed E-state index contributed by atoms with van der Waals surface area (Å²) < 4.78 is 0. The molecule has 0 heterocycles. The molecule has 0 aliphatic carbocycles. The summed E-state index contributed by atoms with van der Waals surface area (Å²) in [5, 5.41) is 0. The summed E-state index contributed by atoms with van der Waals surface area (Å²) in [5.74, 6) is 0. The van der Waals surface area contributed by atoms with Gasteiger partial charge in [0.25, 0.3) is 0 Å².